The van der Waals surface area contributed by atoms with Crippen LogP contribution >= 0.6 is 0 Å². The van der Waals surface area contributed by atoms with Crippen molar-refractivity contribution >= 4 is 0 Å². The Morgan fingerprint density at radius 3 is 1.63 bits per heavy atom. The zero-order valence-corrected chi connectivity index (χ0v) is 26.3. The van der Waals surface area contributed by atoms with Gasteiger partial charge in [-0.05, 0) is 105 Å². The lowest BCUT2D eigenvalue weighted by Crippen LogP contribution is -2.39. The number of allylic oxidation sites excluding steroid dienone is 8. The van der Waals surface area contributed by atoms with Crippen LogP contribution in [0, 0.1) is 74.9 Å². The Kier molecular flexibility index (Phi) is 6.41. The lowest BCUT2D eigenvalue weighted by Gasteiger charge is -2.45. The zero-order valence-electron chi connectivity index (χ0n) is 26.3. The quantitative estimate of drug-likeness (QED) is 0.344. The van der Waals surface area contributed by atoms with E-state index in [1.54, 1.807) is 11.1 Å². The highest BCUT2D eigenvalue weighted by Crippen LogP contribution is 2.72. The Bertz CT molecular complexity index is 989. The molecule has 0 saturated heterocycles. The number of hydrogen-bond acceptors (Lipinski definition) is 0. The Morgan fingerprint density at radius 1 is 0.632 bits per heavy atom. The average Bonchev–Trinajstić information content (AvgIpc) is 3.48. The predicted molar refractivity (Wildman–Crippen MR) is 164 cm³/mol. The summed E-state index contributed by atoms with van der Waals surface area (Å²) in [7, 11) is 0. The van der Waals surface area contributed by atoms with Crippen molar-refractivity contribution in [2.45, 2.75) is 114 Å². The van der Waals surface area contributed by atoms with Crippen molar-refractivity contribution in [2.24, 2.45) is 74.9 Å². The summed E-state index contributed by atoms with van der Waals surface area (Å²) in [6, 6.07) is 0. The Balaban J connectivity index is 1.42. The van der Waals surface area contributed by atoms with Gasteiger partial charge >= 0.3 is 0 Å². The molecule has 0 N–H and O–H groups in total. The van der Waals surface area contributed by atoms with E-state index in [1.165, 1.54) is 51.4 Å². The van der Waals surface area contributed by atoms with Gasteiger partial charge in [-0.1, -0.05) is 131 Å². The molecular formula is C38H58. The van der Waals surface area contributed by atoms with E-state index in [0.29, 0.717) is 34.5 Å². The van der Waals surface area contributed by atoms with Gasteiger partial charge < -0.3 is 0 Å². The molecule has 4 fully saturated rings. The standard InChI is InChI=1S/C38H58/c1-35(2,3)26-15-17-28-29-18-16-27(36(4,5)6)22-31(29)34(30(28)21-26)38(9)23-37(7,8)32-19-25(20-33(32)38)24-13-11-10-12-14-24/h15-18,21-22,24-25,28-34H,10-14,19-20,23H2,1-9H3. The van der Waals surface area contributed by atoms with Gasteiger partial charge in [-0.3, -0.25) is 0 Å². The first kappa shape index (κ1) is 27.1. The Morgan fingerprint density at radius 2 is 1.13 bits per heavy atom. The highest BCUT2D eigenvalue weighted by atomic mass is 14.7. The fraction of sp³-hybridized carbons (Fsp3) is 0.789. The number of hydrogen-bond donors (Lipinski definition) is 0. The molecule has 0 aromatic heterocycles. The van der Waals surface area contributed by atoms with Gasteiger partial charge in [-0.2, -0.15) is 0 Å². The van der Waals surface area contributed by atoms with Crippen molar-refractivity contribution in [3.05, 3.63) is 47.6 Å². The summed E-state index contributed by atoms with van der Waals surface area (Å²) in [5.41, 5.74) is 4.50. The summed E-state index contributed by atoms with van der Waals surface area (Å²) in [6.45, 7) is 22.6. The van der Waals surface area contributed by atoms with E-state index >= 15 is 0 Å². The molecule has 0 amide bonds. The first-order valence-corrected chi connectivity index (χ1v) is 16.5. The van der Waals surface area contributed by atoms with Crippen molar-refractivity contribution in [1.82, 2.24) is 0 Å². The van der Waals surface area contributed by atoms with E-state index in [1.807, 2.05) is 0 Å². The minimum Gasteiger partial charge on any atom is -0.0799 e. The fourth-order valence-corrected chi connectivity index (χ4v) is 11.3. The van der Waals surface area contributed by atoms with Crippen molar-refractivity contribution in [3.63, 3.8) is 0 Å². The maximum absolute atomic E-state index is 2.80. The number of rotatable bonds is 2. The largest absolute Gasteiger partial charge is 0.0799 e. The molecule has 0 nitrogen and oxygen atoms in total. The van der Waals surface area contributed by atoms with Gasteiger partial charge in [-0.15, -0.1) is 0 Å². The van der Waals surface area contributed by atoms with Gasteiger partial charge in [0.2, 0.25) is 0 Å². The second-order valence-electron chi connectivity index (χ2n) is 17.8. The van der Waals surface area contributed by atoms with Gasteiger partial charge in [0.05, 0.1) is 0 Å². The van der Waals surface area contributed by atoms with Crippen LogP contribution < -0.4 is 0 Å². The van der Waals surface area contributed by atoms with Crippen LogP contribution in [0.15, 0.2) is 47.6 Å². The maximum atomic E-state index is 2.80. The average molecular weight is 515 g/mol. The summed E-state index contributed by atoms with van der Waals surface area (Å²) < 4.78 is 0. The summed E-state index contributed by atoms with van der Waals surface area (Å²) in [6.07, 6.45) is 27.9. The van der Waals surface area contributed by atoms with E-state index in [-0.39, 0.29) is 10.8 Å². The van der Waals surface area contributed by atoms with Crippen molar-refractivity contribution in [1.29, 1.82) is 0 Å². The molecule has 6 aliphatic rings. The van der Waals surface area contributed by atoms with Crippen molar-refractivity contribution in [2.75, 3.05) is 0 Å². The third-order valence-electron chi connectivity index (χ3n) is 13.0. The van der Waals surface area contributed by atoms with E-state index < -0.39 is 0 Å². The van der Waals surface area contributed by atoms with E-state index in [9.17, 15) is 0 Å². The van der Waals surface area contributed by atoms with Crippen molar-refractivity contribution < 1.29 is 0 Å². The van der Waals surface area contributed by atoms with E-state index in [2.05, 4.69) is 98.8 Å². The van der Waals surface area contributed by atoms with Crippen LogP contribution in [0.4, 0.5) is 0 Å². The lowest BCUT2D eigenvalue weighted by molar-refractivity contribution is 0.0614. The second kappa shape index (κ2) is 8.98. The molecule has 0 aromatic carbocycles. The summed E-state index contributed by atoms with van der Waals surface area (Å²) >= 11 is 0. The molecule has 0 radical (unpaired) electrons. The monoisotopic (exact) mass is 514 g/mol. The molecule has 0 spiro atoms. The molecule has 0 aromatic rings. The molecule has 6 aliphatic carbocycles. The van der Waals surface area contributed by atoms with E-state index in [4.69, 9.17) is 0 Å². The summed E-state index contributed by atoms with van der Waals surface area (Å²) in [4.78, 5) is 0. The number of fused-ring (bicyclic) bond motifs is 4. The normalized spacial score (nSPS) is 44.4. The molecule has 6 rings (SSSR count). The van der Waals surface area contributed by atoms with Gasteiger partial charge in [0.1, 0.15) is 0 Å². The highest BCUT2D eigenvalue weighted by molar-refractivity contribution is 5.40. The molecular weight excluding hydrogens is 456 g/mol. The molecule has 38 heavy (non-hydrogen) atoms. The molecule has 0 heterocycles. The second-order valence-corrected chi connectivity index (χ2v) is 17.8. The third-order valence-corrected chi connectivity index (χ3v) is 13.0. The molecule has 4 saturated carbocycles. The first-order chi connectivity index (χ1) is 17.7. The molecule has 8 unspecified atom stereocenters. The summed E-state index contributed by atoms with van der Waals surface area (Å²) in [5.74, 6) is 7.29. The van der Waals surface area contributed by atoms with Crippen LogP contribution in [0.1, 0.15) is 114 Å². The smallest absolute Gasteiger partial charge is 0.00952 e. The van der Waals surface area contributed by atoms with Crippen LogP contribution in [-0.2, 0) is 0 Å². The minimum absolute atomic E-state index is 0.222. The van der Waals surface area contributed by atoms with Gasteiger partial charge in [-0.25, -0.2) is 0 Å². The third kappa shape index (κ3) is 4.29. The predicted octanol–water partition coefficient (Wildman–Crippen LogP) is 10.8. The zero-order chi connectivity index (χ0) is 27.3. The van der Waals surface area contributed by atoms with Crippen LogP contribution in [0.5, 0.6) is 0 Å². The maximum Gasteiger partial charge on any atom is -0.00952 e. The Hall–Kier alpha value is -1.04. The minimum atomic E-state index is 0.222. The van der Waals surface area contributed by atoms with Crippen molar-refractivity contribution in [3.8, 4) is 0 Å². The van der Waals surface area contributed by atoms with Crippen LogP contribution in [0.2, 0.25) is 0 Å². The van der Waals surface area contributed by atoms with Crippen LogP contribution in [0.25, 0.3) is 0 Å². The molecule has 0 heteroatoms. The van der Waals surface area contributed by atoms with Crippen LogP contribution in [0.3, 0.4) is 0 Å². The highest BCUT2D eigenvalue weighted by Gasteiger charge is 2.65. The molecule has 0 aliphatic heterocycles. The molecule has 0 bridgehead atoms. The van der Waals surface area contributed by atoms with Gasteiger partial charge in [0.15, 0.2) is 0 Å². The van der Waals surface area contributed by atoms with Gasteiger partial charge in [0, 0.05) is 0 Å². The van der Waals surface area contributed by atoms with Crippen LogP contribution in [-0.4, -0.2) is 0 Å². The fourth-order valence-electron chi connectivity index (χ4n) is 11.3. The molecule has 8 atom stereocenters. The first-order valence-electron chi connectivity index (χ1n) is 16.5. The lowest BCUT2D eigenvalue weighted by atomic mass is 9.59. The summed E-state index contributed by atoms with van der Waals surface area (Å²) in [5, 5.41) is 0. The Labute approximate surface area is 235 Å². The topological polar surface area (TPSA) is 0 Å². The molecule has 210 valence electrons. The van der Waals surface area contributed by atoms with E-state index in [0.717, 1.165) is 29.6 Å². The SMILES string of the molecule is CC(C)(C)C1=CC2C(C=C1)C1C=CC(C(C)(C)C)=CC1C2C1(C)CC(C)(C)C2CC(C3CCCCC3)CC21. The van der Waals surface area contributed by atoms with Gasteiger partial charge in [0.25, 0.3) is 0 Å².